The van der Waals surface area contributed by atoms with Crippen molar-refractivity contribution >= 4 is 79.9 Å². The number of fused-ring (bicyclic) bond motifs is 2. The summed E-state index contributed by atoms with van der Waals surface area (Å²) in [7, 11) is 0. The first kappa shape index (κ1) is 17.0. The van der Waals surface area contributed by atoms with Gasteiger partial charge in [-0.3, -0.25) is 0 Å². The van der Waals surface area contributed by atoms with E-state index in [1.54, 1.807) is 0 Å². The van der Waals surface area contributed by atoms with Crippen LogP contribution in [0.3, 0.4) is 0 Å². The van der Waals surface area contributed by atoms with Crippen molar-refractivity contribution in [2.45, 2.75) is 25.9 Å². The fourth-order valence-electron chi connectivity index (χ4n) is 3.33. The third-order valence-electron chi connectivity index (χ3n) is 4.62. The van der Waals surface area contributed by atoms with Crippen molar-refractivity contribution in [3.63, 3.8) is 0 Å². The average Bonchev–Trinajstić information content (AvgIpc) is 2.68. The molecule has 1 N–H and O–H groups in total. The van der Waals surface area contributed by atoms with Gasteiger partial charge < -0.3 is 10.2 Å². The number of hydrogen-bond acceptors (Lipinski definition) is 6. The lowest BCUT2D eigenvalue weighted by Crippen LogP contribution is -2.56. The molecule has 0 spiro atoms. The molecular formula is C14H15ClI2N6O. The molecule has 10 heteroatoms. The van der Waals surface area contributed by atoms with E-state index in [0.29, 0.717) is 28.2 Å². The summed E-state index contributed by atoms with van der Waals surface area (Å²) >= 11 is 10.8. The molecule has 0 amide bonds. The topological polar surface area (TPSA) is 66.3 Å². The Bertz CT molecular complexity index is 903. The van der Waals surface area contributed by atoms with Crippen molar-refractivity contribution in [2.24, 2.45) is 0 Å². The van der Waals surface area contributed by atoms with Crippen molar-refractivity contribution in [3.05, 3.63) is 21.2 Å². The molecule has 1 saturated heterocycles. The maximum absolute atomic E-state index is 12.4. The molecule has 24 heavy (non-hydrogen) atoms. The zero-order valence-corrected chi connectivity index (χ0v) is 18.1. The molecule has 4 heterocycles. The molecule has 0 radical (unpaired) electrons. The highest BCUT2D eigenvalue weighted by molar-refractivity contribution is 14.1. The number of aryl methyl sites for hydroxylation is 1. The zero-order chi connectivity index (χ0) is 17.2. The maximum Gasteiger partial charge on any atom is 0.360 e. The van der Waals surface area contributed by atoms with Gasteiger partial charge >= 0.3 is 5.69 Å². The van der Waals surface area contributed by atoms with Crippen molar-refractivity contribution in [2.75, 3.05) is 29.9 Å². The molecule has 7 nitrogen and oxygen atoms in total. The molecule has 128 valence electrons. The van der Waals surface area contributed by atoms with Crippen LogP contribution in [0.15, 0.2) is 4.79 Å². The van der Waals surface area contributed by atoms with Crippen molar-refractivity contribution in [3.8, 4) is 0 Å². The lowest BCUT2D eigenvalue weighted by atomic mass is 10.1. The third-order valence-corrected chi connectivity index (χ3v) is 7.29. The molecular weight excluding hydrogens is 557 g/mol. The van der Waals surface area contributed by atoms with Crippen LogP contribution in [-0.4, -0.2) is 47.6 Å². The summed E-state index contributed by atoms with van der Waals surface area (Å²) < 4.78 is 3.77. The number of rotatable bonds is 0. The fraction of sp³-hybridized carbons (Fsp3) is 0.500. The van der Waals surface area contributed by atoms with E-state index >= 15 is 0 Å². The van der Waals surface area contributed by atoms with E-state index in [-0.39, 0.29) is 11.7 Å². The summed E-state index contributed by atoms with van der Waals surface area (Å²) in [6.45, 7) is 6.49. The summed E-state index contributed by atoms with van der Waals surface area (Å²) in [6, 6.07) is 0.596. The molecule has 2 unspecified atom stereocenters. The number of anilines is 2. The summed E-state index contributed by atoms with van der Waals surface area (Å²) in [5.41, 5.74) is 1.84. The van der Waals surface area contributed by atoms with Crippen LogP contribution in [0.4, 0.5) is 11.5 Å². The highest BCUT2D eigenvalue weighted by Crippen LogP contribution is 2.40. The first-order valence-electron chi connectivity index (χ1n) is 7.60. The molecule has 0 bridgehead atoms. The Morgan fingerprint density at radius 1 is 1.29 bits per heavy atom. The predicted molar refractivity (Wildman–Crippen MR) is 113 cm³/mol. The van der Waals surface area contributed by atoms with Crippen LogP contribution in [-0.2, 0) is 0 Å². The monoisotopic (exact) mass is 572 g/mol. The SMILES string of the molecule is Cc1nc2c3c(nc(=O)n2I)N2CC(C)N(I)CC2CNc3c1Cl. The lowest BCUT2D eigenvalue weighted by Gasteiger charge is -2.42. The number of halogens is 3. The predicted octanol–water partition coefficient (Wildman–Crippen LogP) is 2.61. The Labute approximate surface area is 171 Å². The maximum atomic E-state index is 12.4. The molecule has 0 aromatic carbocycles. The lowest BCUT2D eigenvalue weighted by molar-refractivity contribution is 0.316. The van der Waals surface area contributed by atoms with Crippen LogP contribution in [0.25, 0.3) is 11.0 Å². The van der Waals surface area contributed by atoms with E-state index in [4.69, 9.17) is 11.6 Å². The highest BCUT2D eigenvalue weighted by Gasteiger charge is 2.36. The summed E-state index contributed by atoms with van der Waals surface area (Å²) in [5.74, 6) is 0.693. The van der Waals surface area contributed by atoms with Crippen LogP contribution >= 0.6 is 57.3 Å². The number of nitrogens with zero attached hydrogens (tertiary/aromatic N) is 5. The Morgan fingerprint density at radius 2 is 2.04 bits per heavy atom. The van der Waals surface area contributed by atoms with Crippen LogP contribution in [0.2, 0.25) is 5.02 Å². The van der Waals surface area contributed by atoms with Gasteiger partial charge in [0.15, 0.2) is 5.65 Å². The number of nitrogens with one attached hydrogen (secondary N) is 1. The normalized spacial score (nSPS) is 23.8. The van der Waals surface area contributed by atoms with Gasteiger partial charge in [0.2, 0.25) is 0 Å². The van der Waals surface area contributed by atoms with Crippen LogP contribution < -0.4 is 15.9 Å². The van der Waals surface area contributed by atoms with Gasteiger partial charge in [-0.05, 0) is 13.8 Å². The van der Waals surface area contributed by atoms with Gasteiger partial charge in [0.1, 0.15) is 5.82 Å². The van der Waals surface area contributed by atoms with Crippen LogP contribution in [0.5, 0.6) is 0 Å². The fourth-order valence-corrected chi connectivity index (χ4v) is 4.62. The summed E-state index contributed by atoms with van der Waals surface area (Å²) in [4.78, 5) is 23.6. The first-order chi connectivity index (χ1) is 11.4. The van der Waals surface area contributed by atoms with E-state index in [9.17, 15) is 4.79 Å². The Kier molecular flexibility index (Phi) is 4.32. The molecule has 0 saturated carbocycles. The standard InChI is InChI=1S/C14H15ClI2N6O/c1-6-4-21-8(5-22(6)16)3-18-11-9-12(21)20-14(24)23(17)13(9)19-7(2)10(11)15/h6,8,18H,3-5H2,1-2H3. The molecule has 2 aliphatic rings. The van der Waals surface area contributed by atoms with Gasteiger partial charge in [0.05, 0.1) is 50.7 Å². The van der Waals surface area contributed by atoms with Gasteiger partial charge in [-0.1, -0.05) is 11.6 Å². The van der Waals surface area contributed by atoms with E-state index in [0.717, 1.165) is 30.7 Å². The quantitative estimate of drug-likeness (QED) is 0.387. The van der Waals surface area contributed by atoms with Gasteiger partial charge in [0, 0.05) is 48.5 Å². The van der Waals surface area contributed by atoms with Crippen molar-refractivity contribution in [1.29, 1.82) is 0 Å². The van der Waals surface area contributed by atoms with Crippen molar-refractivity contribution < 1.29 is 0 Å². The van der Waals surface area contributed by atoms with Gasteiger partial charge in [-0.2, -0.15) is 4.98 Å². The average molecular weight is 573 g/mol. The van der Waals surface area contributed by atoms with E-state index in [1.807, 2.05) is 29.8 Å². The molecule has 1 fully saturated rings. The molecule has 2 atom stereocenters. The Morgan fingerprint density at radius 3 is 2.79 bits per heavy atom. The van der Waals surface area contributed by atoms with Gasteiger partial charge in [0.25, 0.3) is 0 Å². The second kappa shape index (κ2) is 6.09. The molecule has 0 aliphatic carbocycles. The minimum Gasteiger partial charge on any atom is -0.381 e. The van der Waals surface area contributed by atoms with Crippen LogP contribution in [0.1, 0.15) is 12.6 Å². The molecule has 2 aliphatic heterocycles. The van der Waals surface area contributed by atoms with Gasteiger partial charge in [-0.25, -0.2) is 15.7 Å². The smallest absolute Gasteiger partial charge is 0.360 e. The van der Waals surface area contributed by atoms with E-state index in [2.05, 4.69) is 53.1 Å². The second-order valence-electron chi connectivity index (χ2n) is 6.20. The number of hydrogen-bond donors (Lipinski definition) is 1. The van der Waals surface area contributed by atoms with Gasteiger partial charge in [-0.15, -0.1) is 0 Å². The molecule has 2 aromatic rings. The zero-order valence-electron chi connectivity index (χ0n) is 13.1. The number of piperazine rings is 1. The summed E-state index contributed by atoms with van der Waals surface area (Å²) in [6.07, 6.45) is 0. The molecule has 2 aromatic heterocycles. The third kappa shape index (κ3) is 2.50. The Hall–Kier alpha value is -0.400. The minimum absolute atomic E-state index is 0.224. The number of aromatic nitrogens is 3. The number of pyridine rings is 1. The van der Waals surface area contributed by atoms with Crippen LogP contribution in [0, 0.1) is 6.92 Å². The summed E-state index contributed by atoms with van der Waals surface area (Å²) in [5, 5.41) is 4.90. The van der Waals surface area contributed by atoms with Crippen molar-refractivity contribution in [1.82, 2.24) is 15.9 Å². The first-order valence-corrected chi connectivity index (χ1v) is 9.91. The largest absolute Gasteiger partial charge is 0.381 e. The minimum atomic E-state index is -0.302. The highest BCUT2D eigenvalue weighted by atomic mass is 127. The Balaban J connectivity index is 2.05. The molecule has 4 rings (SSSR count). The second-order valence-corrected chi connectivity index (χ2v) is 8.78. The van der Waals surface area contributed by atoms with E-state index < -0.39 is 0 Å². The van der Waals surface area contributed by atoms with E-state index in [1.165, 1.54) is 2.78 Å².